The van der Waals surface area contributed by atoms with Gasteiger partial charge in [0.2, 0.25) is 0 Å². The van der Waals surface area contributed by atoms with Gasteiger partial charge in [-0.2, -0.15) is 5.10 Å². The zero-order chi connectivity index (χ0) is 19.8. The number of benzene rings is 1. The molecule has 4 aromatic rings. The third-order valence-corrected chi connectivity index (χ3v) is 5.61. The van der Waals surface area contributed by atoms with E-state index in [1.807, 2.05) is 30.5 Å². The smallest absolute Gasteiger partial charge is 0.177 e. The van der Waals surface area contributed by atoms with Gasteiger partial charge in [-0.25, -0.2) is 19.2 Å². The number of rotatable bonds is 4. The third-order valence-electron chi connectivity index (χ3n) is 5.61. The van der Waals surface area contributed by atoms with Crippen molar-refractivity contribution < 1.29 is 0 Å². The lowest BCUT2D eigenvalue weighted by atomic mass is 9.81. The average molecular weight is 389 g/mol. The van der Waals surface area contributed by atoms with E-state index in [1.165, 1.54) is 6.33 Å². The van der Waals surface area contributed by atoms with Gasteiger partial charge < -0.3 is 16.8 Å². The summed E-state index contributed by atoms with van der Waals surface area (Å²) in [7, 11) is 0. The first kappa shape index (κ1) is 17.6. The Morgan fingerprint density at radius 1 is 1.07 bits per heavy atom. The van der Waals surface area contributed by atoms with E-state index in [0.717, 1.165) is 54.0 Å². The predicted molar refractivity (Wildman–Crippen MR) is 111 cm³/mol. The minimum absolute atomic E-state index is 0.274. The van der Waals surface area contributed by atoms with Crippen LogP contribution in [0.3, 0.4) is 0 Å². The Kier molecular flexibility index (Phi) is 4.36. The molecule has 1 fully saturated rings. The van der Waals surface area contributed by atoms with Crippen LogP contribution in [0.25, 0.3) is 11.3 Å². The molecule has 9 nitrogen and oxygen atoms in total. The van der Waals surface area contributed by atoms with Gasteiger partial charge in [-0.1, -0.05) is 0 Å². The quantitative estimate of drug-likeness (QED) is 0.490. The van der Waals surface area contributed by atoms with Gasteiger partial charge in [0.05, 0.1) is 11.4 Å². The van der Waals surface area contributed by atoms with Gasteiger partial charge in [-0.3, -0.25) is 0 Å². The van der Waals surface area contributed by atoms with Crippen LogP contribution in [0.15, 0.2) is 49.3 Å². The van der Waals surface area contributed by atoms with Crippen molar-refractivity contribution in [2.75, 3.05) is 11.1 Å². The highest BCUT2D eigenvalue weighted by Gasteiger charge is 2.27. The first-order valence-corrected chi connectivity index (χ1v) is 9.79. The lowest BCUT2D eigenvalue weighted by Gasteiger charge is -2.28. The molecule has 29 heavy (non-hydrogen) atoms. The second-order valence-corrected chi connectivity index (χ2v) is 7.49. The second kappa shape index (κ2) is 7.17. The molecule has 5 N–H and O–H groups in total. The van der Waals surface area contributed by atoms with E-state index < -0.39 is 0 Å². The summed E-state index contributed by atoms with van der Waals surface area (Å²) in [5.74, 6) is 0.860. The molecule has 0 saturated heterocycles. The fourth-order valence-corrected chi connectivity index (χ4v) is 4.10. The van der Waals surface area contributed by atoms with Crippen LogP contribution in [-0.4, -0.2) is 35.4 Å². The fraction of sp³-hybridized carbons (Fsp3) is 0.300. The Morgan fingerprint density at radius 3 is 2.59 bits per heavy atom. The molecule has 1 aromatic carbocycles. The molecule has 0 bridgehead atoms. The molecule has 3 heterocycles. The van der Waals surface area contributed by atoms with Crippen LogP contribution < -0.4 is 16.8 Å². The molecule has 0 radical (unpaired) electrons. The van der Waals surface area contributed by atoms with Gasteiger partial charge in [-0.15, -0.1) is 5.10 Å². The summed E-state index contributed by atoms with van der Waals surface area (Å²) >= 11 is 0. The molecule has 9 heteroatoms. The van der Waals surface area contributed by atoms with Crippen molar-refractivity contribution in [3.8, 4) is 5.69 Å². The standard InChI is InChI=1S/C20H23N9/c21-14-3-1-13(2-4-14)17-18(20-24-9-10-28(20)27-19(17)22)26-15-5-7-16(8-6-15)29-12-23-11-25-29/h5-14,26H,1-4,21H2,(H2,22,27). The monoisotopic (exact) mass is 389 g/mol. The second-order valence-electron chi connectivity index (χ2n) is 7.49. The lowest BCUT2D eigenvalue weighted by Crippen LogP contribution is -2.26. The van der Waals surface area contributed by atoms with E-state index in [0.29, 0.717) is 11.7 Å². The molecule has 148 valence electrons. The fourth-order valence-electron chi connectivity index (χ4n) is 4.10. The van der Waals surface area contributed by atoms with Crippen LogP contribution in [-0.2, 0) is 0 Å². The Labute approximate surface area is 167 Å². The van der Waals surface area contributed by atoms with Crippen molar-refractivity contribution in [1.82, 2.24) is 29.4 Å². The minimum Gasteiger partial charge on any atom is -0.382 e. The zero-order valence-corrected chi connectivity index (χ0v) is 15.9. The Bertz CT molecular complexity index is 1110. The molecular weight excluding hydrogens is 366 g/mol. The highest BCUT2D eigenvalue weighted by molar-refractivity contribution is 5.80. The van der Waals surface area contributed by atoms with E-state index >= 15 is 0 Å². The molecule has 1 saturated carbocycles. The zero-order valence-electron chi connectivity index (χ0n) is 15.9. The van der Waals surface area contributed by atoms with Gasteiger partial charge in [0, 0.05) is 29.7 Å². The number of imidazole rings is 1. The first-order chi connectivity index (χ1) is 14.2. The molecule has 0 spiro atoms. The number of nitrogens with one attached hydrogen (secondary N) is 1. The highest BCUT2D eigenvalue weighted by atomic mass is 15.3. The summed E-state index contributed by atoms with van der Waals surface area (Å²) in [4.78, 5) is 8.51. The van der Waals surface area contributed by atoms with E-state index in [-0.39, 0.29) is 6.04 Å². The van der Waals surface area contributed by atoms with E-state index in [9.17, 15) is 0 Å². The molecule has 3 aromatic heterocycles. The molecular formula is C20H23N9. The maximum Gasteiger partial charge on any atom is 0.177 e. The van der Waals surface area contributed by atoms with Crippen molar-refractivity contribution in [2.45, 2.75) is 37.6 Å². The first-order valence-electron chi connectivity index (χ1n) is 9.79. The van der Waals surface area contributed by atoms with E-state index in [4.69, 9.17) is 11.5 Å². The maximum absolute atomic E-state index is 6.40. The molecule has 1 aliphatic carbocycles. The summed E-state index contributed by atoms with van der Waals surface area (Å²) in [5, 5.41) is 12.2. The van der Waals surface area contributed by atoms with Crippen LogP contribution in [0.2, 0.25) is 0 Å². The Hall–Kier alpha value is -3.46. The summed E-state index contributed by atoms with van der Waals surface area (Å²) in [6, 6.07) is 8.27. The molecule has 0 atom stereocenters. The number of hydrogen-bond acceptors (Lipinski definition) is 7. The van der Waals surface area contributed by atoms with Crippen LogP contribution in [0.1, 0.15) is 37.2 Å². The van der Waals surface area contributed by atoms with Crippen LogP contribution in [0.5, 0.6) is 0 Å². The van der Waals surface area contributed by atoms with Gasteiger partial charge >= 0.3 is 0 Å². The van der Waals surface area contributed by atoms with Gasteiger partial charge in [0.15, 0.2) is 5.65 Å². The summed E-state index contributed by atoms with van der Waals surface area (Å²) in [6.07, 6.45) is 10.7. The SMILES string of the molecule is Nc1nn2ccnc2c(Nc2ccc(-n3cncn3)cc2)c1C1CCC(N)CC1. The molecule has 0 aliphatic heterocycles. The molecule has 1 aliphatic rings. The van der Waals surface area contributed by atoms with Crippen molar-refractivity contribution in [2.24, 2.45) is 5.73 Å². The number of aromatic nitrogens is 6. The van der Waals surface area contributed by atoms with Crippen LogP contribution >= 0.6 is 0 Å². The van der Waals surface area contributed by atoms with Gasteiger partial charge in [0.1, 0.15) is 18.5 Å². The number of anilines is 3. The van der Waals surface area contributed by atoms with Crippen LogP contribution in [0, 0.1) is 0 Å². The summed E-state index contributed by atoms with van der Waals surface area (Å²) in [5.41, 5.74) is 17.1. The van der Waals surface area contributed by atoms with Crippen LogP contribution in [0.4, 0.5) is 17.2 Å². The third kappa shape index (κ3) is 3.29. The summed E-state index contributed by atoms with van der Waals surface area (Å²) in [6.45, 7) is 0. The van der Waals surface area contributed by atoms with Gasteiger partial charge in [0.25, 0.3) is 0 Å². The van der Waals surface area contributed by atoms with Crippen molar-refractivity contribution in [3.63, 3.8) is 0 Å². The van der Waals surface area contributed by atoms with Gasteiger partial charge in [-0.05, 0) is 55.9 Å². The molecule has 5 rings (SSSR count). The Balaban J connectivity index is 1.53. The summed E-state index contributed by atoms with van der Waals surface area (Å²) < 4.78 is 3.44. The number of hydrogen-bond donors (Lipinski definition) is 3. The lowest BCUT2D eigenvalue weighted by molar-refractivity contribution is 0.396. The van der Waals surface area contributed by atoms with Crippen molar-refractivity contribution >= 4 is 22.8 Å². The predicted octanol–water partition coefficient (Wildman–Crippen LogP) is 2.62. The largest absolute Gasteiger partial charge is 0.382 e. The number of fused-ring (bicyclic) bond motifs is 1. The van der Waals surface area contributed by atoms with Crippen molar-refractivity contribution in [1.29, 1.82) is 0 Å². The maximum atomic E-state index is 6.40. The highest BCUT2D eigenvalue weighted by Crippen LogP contribution is 2.41. The molecule has 0 unspecified atom stereocenters. The normalized spacial score (nSPS) is 19.5. The number of nitrogens with zero attached hydrogens (tertiary/aromatic N) is 6. The van der Waals surface area contributed by atoms with E-state index in [2.05, 4.69) is 25.5 Å². The average Bonchev–Trinajstić information content (AvgIpc) is 3.42. The van der Waals surface area contributed by atoms with E-state index in [1.54, 1.807) is 21.7 Å². The Morgan fingerprint density at radius 2 is 1.86 bits per heavy atom. The molecule has 0 amide bonds. The number of nitrogen functional groups attached to an aromatic ring is 1. The number of nitrogens with two attached hydrogens (primary N) is 2. The van der Waals surface area contributed by atoms with Crippen molar-refractivity contribution in [3.05, 3.63) is 54.9 Å². The minimum atomic E-state index is 0.274. The topological polar surface area (TPSA) is 125 Å².